The lowest BCUT2D eigenvalue weighted by Crippen LogP contribution is -2.08. The van der Waals surface area contributed by atoms with E-state index in [0.717, 1.165) is 44.9 Å². The predicted molar refractivity (Wildman–Crippen MR) is 117 cm³/mol. The molecule has 0 fully saturated rings. The third-order valence-electron chi connectivity index (χ3n) is 4.55. The summed E-state index contributed by atoms with van der Waals surface area (Å²) in [5, 5.41) is 6.83. The van der Waals surface area contributed by atoms with E-state index >= 15 is 0 Å². The third-order valence-corrected chi connectivity index (χ3v) is 5.56. The summed E-state index contributed by atoms with van der Waals surface area (Å²) in [7, 11) is 0. The molecule has 0 atom stereocenters. The Balaban J connectivity index is 0.00000132. The summed E-state index contributed by atoms with van der Waals surface area (Å²) < 4.78 is 37.6. The number of alkyl halides is 3. The van der Waals surface area contributed by atoms with Crippen molar-refractivity contribution in [3.63, 3.8) is 0 Å². The highest BCUT2D eigenvalue weighted by atomic mass is 32.1. The van der Waals surface area contributed by atoms with E-state index in [1.165, 1.54) is 23.6 Å². The molecule has 9 heteroatoms. The minimum Gasteiger partial charge on any atom is -0.361 e. The van der Waals surface area contributed by atoms with Gasteiger partial charge in [-0.15, -0.1) is 0 Å². The Morgan fingerprint density at radius 2 is 1.94 bits per heavy atom. The molecule has 0 spiro atoms. The monoisotopic (exact) mass is 448 g/mol. The quantitative estimate of drug-likeness (QED) is 0.469. The van der Waals surface area contributed by atoms with Gasteiger partial charge in [-0.2, -0.15) is 13.2 Å². The first-order valence-electron chi connectivity index (χ1n) is 10.0. The number of anilines is 2. The Bertz CT molecular complexity index is 1030. The lowest BCUT2D eigenvalue weighted by Gasteiger charge is -2.07. The van der Waals surface area contributed by atoms with Crippen LogP contribution in [0.2, 0.25) is 0 Å². The average Bonchev–Trinajstić information content (AvgIpc) is 3.37. The second-order valence-corrected chi connectivity index (χ2v) is 7.74. The number of benzene rings is 1. The van der Waals surface area contributed by atoms with Crippen LogP contribution in [0.15, 0.2) is 42.7 Å². The first-order chi connectivity index (χ1) is 14.9. The minimum atomic E-state index is -4.41. The SMILES string of the molecule is CC.O=C1Cc2cc(-c3cnc(NCCCc4ccc(C(F)(F)F)nc4)s3)ccc2N1. The van der Waals surface area contributed by atoms with Crippen LogP contribution < -0.4 is 10.6 Å². The number of aryl methyl sites for hydroxylation is 1. The van der Waals surface area contributed by atoms with Gasteiger partial charge in [-0.1, -0.05) is 37.3 Å². The van der Waals surface area contributed by atoms with E-state index in [2.05, 4.69) is 20.6 Å². The lowest BCUT2D eigenvalue weighted by atomic mass is 10.1. The smallest absolute Gasteiger partial charge is 0.361 e. The highest BCUT2D eigenvalue weighted by molar-refractivity contribution is 7.18. The molecule has 0 saturated heterocycles. The topological polar surface area (TPSA) is 66.9 Å². The van der Waals surface area contributed by atoms with Crippen molar-refractivity contribution in [3.8, 4) is 10.4 Å². The number of aromatic nitrogens is 2. The zero-order chi connectivity index (χ0) is 22.4. The molecule has 3 heterocycles. The number of pyridine rings is 1. The van der Waals surface area contributed by atoms with Crippen LogP contribution in [0.25, 0.3) is 10.4 Å². The highest BCUT2D eigenvalue weighted by Crippen LogP contribution is 2.33. The first-order valence-corrected chi connectivity index (χ1v) is 10.8. The van der Waals surface area contributed by atoms with Crippen molar-refractivity contribution in [3.05, 3.63) is 59.5 Å². The van der Waals surface area contributed by atoms with Crippen LogP contribution in [0.4, 0.5) is 24.0 Å². The number of amides is 1. The van der Waals surface area contributed by atoms with Crippen molar-refractivity contribution in [1.29, 1.82) is 0 Å². The lowest BCUT2D eigenvalue weighted by molar-refractivity contribution is -0.141. The van der Waals surface area contributed by atoms with Crippen molar-refractivity contribution >= 4 is 28.1 Å². The number of carbonyl (C=O) groups excluding carboxylic acids is 1. The molecule has 1 aliphatic rings. The van der Waals surface area contributed by atoms with Crippen LogP contribution in [0.3, 0.4) is 0 Å². The van der Waals surface area contributed by atoms with E-state index < -0.39 is 11.9 Å². The van der Waals surface area contributed by atoms with Crippen LogP contribution in [0, 0.1) is 0 Å². The molecule has 0 bridgehead atoms. The van der Waals surface area contributed by atoms with Gasteiger partial charge in [0.15, 0.2) is 5.13 Å². The molecule has 31 heavy (non-hydrogen) atoms. The summed E-state index contributed by atoms with van der Waals surface area (Å²) in [4.78, 5) is 20.3. The van der Waals surface area contributed by atoms with E-state index in [1.54, 1.807) is 6.20 Å². The molecule has 164 valence electrons. The minimum absolute atomic E-state index is 0.00653. The fraction of sp³-hybridized carbons (Fsp3) is 0.318. The Morgan fingerprint density at radius 1 is 1.13 bits per heavy atom. The molecule has 0 aliphatic carbocycles. The van der Waals surface area contributed by atoms with Gasteiger partial charge in [0, 0.05) is 24.6 Å². The molecular weight excluding hydrogens is 425 g/mol. The number of halogens is 3. The van der Waals surface area contributed by atoms with Gasteiger partial charge < -0.3 is 10.6 Å². The number of hydrogen-bond donors (Lipinski definition) is 2. The number of carbonyl (C=O) groups is 1. The van der Waals surface area contributed by atoms with Crippen molar-refractivity contribution in [1.82, 2.24) is 9.97 Å². The molecule has 2 N–H and O–H groups in total. The predicted octanol–water partition coefficient (Wildman–Crippen LogP) is 5.79. The molecule has 0 radical (unpaired) electrons. The molecule has 0 saturated carbocycles. The van der Waals surface area contributed by atoms with E-state index in [9.17, 15) is 18.0 Å². The largest absolute Gasteiger partial charge is 0.433 e. The van der Waals surface area contributed by atoms with E-state index in [4.69, 9.17) is 0 Å². The van der Waals surface area contributed by atoms with Crippen LogP contribution in [-0.2, 0) is 23.8 Å². The fourth-order valence-corrected chi connectivity index (χ4v) is 3.94. The standard InChI is InChI=1S/C20H17F3N4OS.C2H6/c21-20(22,23)17-6-3-12(10-25-17)2-1-7-24-19-26-11-16(29-19)13-4-5-15-14(8-13)9-18(28)27-15;1-2/h3-6,8,10-11H,1-2,7,9H2,(H,24,26)(H,27,28);1-2H3. The molecule has 1 aliphatic heterocycles. The Kier molecular flexibility index (Phi) is 7.27. The second-order valence-electron chi connectivity index (χ2n) is 6.71. The molecule has 5 nitrogen and oxygen atoms in total. The average molecular weight is 449 g/mol. The maximum atomic E-state index is 12.5. The Morgan fingerprint density at radius 3 is 2.65 bits per heavy atom. The first kappa shape index (κ1) is 22.7. The van der Waals surface area contributed by atoms with Crippen molar-refractivity contribution in [2.75, 3.05) is 17.2 Å². The van der Waals surface area contributed by atoms with Crippen molar-refractivity contribution < 1.29 is 18.0 Å². The number of fused-ring (bicyclic) bond motifs is 1. The molecule has 4 rings (SSSR count). The van der Waals surface area contributed by atoms with Gasteiger partial charge in [-0.05, 0) is 47.7 Å². The summed E-state index contributed by atoms with van der Waals surface area (Å²) in [5.74, 6) is 0.00653. The summed E-state index contributed by atoms with van der Waals surface area (Å²) in [6.07, 6.45) is 0.423. The number of thiazole rings is 1. The molecule has 0 unspecified atom stereocenters. The maximum absolute atomic E-state index is 12.5. The molecular formula is C22H23F3N4OS. The van der Waals surface area contributed by atoms with Gasteiger partial charge >= 0.3 is 6.18 Å². The van der Waals surface area contributed by atoms with Crippen molar-refractivity contribution in [2.45, 2.75) is 39.3 Å². The molecule has 1 amide bonds. The number of nitrogens with zero attached hydrogens (tertiary/aromatic N) is 2. The van der Waals surface area contributed by atoms with Gasteiger partial charge in [0.2, 0.25) is 5.91 Å². The van der Waals surface area contributed by atoms with E-state index in [0.29, 0.717) is 19.4 Å². The van der Waals surface area contributed by atoms with Crippen LogP contribution >= 0.6 is 11.3 Å². The zero-order valence-electron chi connectivity index (χ0n) is 17.2. The summed E-state index contributed by atoms with van der Waals surface area (Å²) >= 11 is 1.52. The van der Waals surface area contributed by atoms with Gasteiger partial charge in [0.1, 0.15) is 5.69 Å². The molecule has 1 aromatic carbocycles. The van der Waals surface area contributed by atoms with Crippen LogP contribution in [0.5, 0.6) is 0 Å². The molecule has 2 aromatic heterocycles. The van der Waals surface area contributed by atoms with Gasteiger partial charge in [-0.3, -0.25) is 9.78 Å². The number of nitrogens with one attached hydrogen (secondary N) is 2. The number of rotatable bonds is 6. The second kappa shape index (κ2) is 9.91. The van der Waals surface area contributed by atoms with Crippen molar-refractivity contribution in [2.24, 2.45) is 0 Å². The maximum Gasteiger partial charge on any atom is 0.433 e. The van der Waals surface area contributed by atoms with E-state index in [-0.39, 0.29) is 5.91 Å². The van der Waals surface area contributed by atoms with Crippen LogP contribution in [0.1, 0.15) is 37.1 Å². The Labute approximate surface area is 182 Å². The number of hydrogen-bond acceptors (Lipinski definition) is 5. The van der Waals surface area contributed by atoms with Gasteiger partial charge in [0.25, 0.3) is 0 Å². The molecule has 3 aromatic rings. The summed E-state index contributed by atoms with van der Waals surface area (Å²) in [6.45, 7) is 4.65. The third kappa shape index (κ3) is 5.81. The Hall–Kier alpha value is -2.94. The van der Waals surface area contributed by atoms with Crippen LogP contribution in [-0.4, -0.2) is 22.4 Å². The van der Waals surface area contributed by atoms with Gasteiger partial charge in [0.05, 0.1) is 11.3 Å². The zero-order valence-corrected chi connectivity index (χ0v) is 18.0. The summed E-state index contributed by atoms with van der Waals surface area (Å²) in [5.41, 5.74) is 2.75. The highest BCUT2D eigenvalue weighted by Gasteiger charge is 2.31. The normalized spacial score (nSPS) is 12.6. The van der Waals surface area contributed by atoms with E-state index in [1.807, 2.05) is 32.0 Å². The summed E-state index contributed by atoms with van der Waals surface area (Å²) in [6, 6.07) is 8.34. The van der Waals surface area contributed by atoms with Gasteiger partial charge in [-0.25, -0.2) is 4.98 Å². The fourth-order valence-electron chi connectivity index (χ4n) is 3.10.